The standard InChI is InChI=1S/C24H32O6/c1-6-12(2)21(28)30-20-13(3)10-23-8-7-16-17(22(16,4)5)15(19(23)27)9-14(11-25)18(26)24(20,23)29/h6,9-10,15-18,20,25-26,29H,7-8,11H2,1-5H3/b12-6-/t15?,16?,17?,18?,20-,23?,24?/m0/s1. The van der Waals surface area contributed by atoms with E-state index >= 15 is 0 Å². The van der Waals surface area contributed by atoms with E-state index < -0.39 is 41.7 Å². The Morgan fingerprint density at radius 3 is 2.63 bits per heavy atom. The third kappa shape index (κ3) is 2.47. The first-order valence-electron chi connectivity index (χ1n) is 10.8. The second-order valence-electron chi connectivity index (χ2n) is 10.1. The second kappa shape index (κ2) is 6.62. The Kier molecular flexibility index (Phi) is 4.74. The van der Waals surface area contributed by atoms with Crippen molar-refractivity contribution in [3.8, 4) is 0 Å². The highest BCUT2D eigenvalue weighted by Gasteiger charge is 2.74. The predicted molar refractivity (Wildman–Crippen MR) is 110 cm³/mol. The van der Waals surface area contributed by atoms with Gasteiger partial charge in [0.15, 0.2) is 17.5 Å². The van der Waals surface area contributed by atoms with Crippen molar-refractivity contribution in [2.45, 2.75) is 65.3 Å². The molecule has 6 nitrogen and oxygen atoms in total. The molecule has 0 aromatic carbocycles. The maximum absolute atomic E-state index is 14.0. The number of fused-ring (bicyclic) bond motifs is 3. The van der Waals surface area contributed by atoms with Crippen molar-refractivity contribution in [1.82, 2.24) is 0 Å². The number of esters is 1. The van der Waals surface area contributed by atoms with E-state index in [1.165, 1.54) is 0 Å². The number of carbonyl (C=O) groups is 2. The smallest absolute Gasteiger partial charge is 0.334 e. The number of hydrogen-bond donors (Lipinski definition) is 3. The normalized spacial score (nSPS) is 44.2. The molecule has 0 aromatic rings. The van der Waals surface area contributed by atoms with Crippen molar-refractivity contribution in [2.75, 3.05) is 6.61 Å². The van der Waals surface area contributed by atoms with E-state index in [0.717, 1.165) is 6.42 Å². The predicted octanol–water partition coefficient (Wildman–Crippen LogP) is 2.09. The summed E-state index contributed by atoms with van der Waals surface area (Å²) in [5.41, 5.74) is -2.27. The Hall–Kier alpha value is -1.76. The van der Waals surface area contributed by atoms with Gasteiger partial charge in [-0.3, -0.25) is 4.79 Å². The lowest BCUT2D eigenvalue weighted by atomic mass is 9.63. The summed E-state index contributed by atoms with van der Waals surface area (Å²) in [6.07, 6.45) is 3.43. The van der Waals surface area contributed by atoms with E-state index in [4.69, 9.17) is 4.74 Å². The number of aliphatic hydroxyl groups is 3. The number of Topliss-reactive ketones (excluding diaryl/α,β-unsaturated/α-hetero) is 1. The van der Waals surface area contributed by atoms with Crippen LogP contribution in [0.5, 0.6) is 0 Å². The van der Waals surface area contributed by atoms with Crippen LogP contribution in [0.25, 0.3) is 0 Å². The van der Waals surface area contributed by atoms with Crippen LogP contribution in [-0.4, -0.2) is 51.5 Å². The molecule has 0 aromatic heterocycles. The third-order valence-electron chi connectivity index (χ3n) is 8.44. The van der Waals surface area contributed by atoms with Crippen molar-refractivity contribution in [3.05, 3.63) is 34.9 Å². The first kappa shape index (κ1) is 21.5. The van der Waals surface area contributed by atoms with Crippen LogP contribution in [0.1, 0.15) is 47.5 Å². The molecule has 30 heavy (non-hydrogen) atoms. The second-order valence-corrected chi connectivity index (χ2v) is 10.1. The Morgan fingerprint density at radius 2 is 2.03 bits per heavy atom. The van der Waals surface area contributed by atoms with E-state index in [-0.39, 0.29) is 22.7 Å². The summed E-state index contributed by atoms with van der Waals surface area (Å²) in [7, 11) is 0. The van der Waals surface area contributed by atoms with E-state index in [1.807, 2.05) is 0 Å². The van der Waals surface area contributed by atoms with Crippen LogP contribution < -0.4 is 0 Å². The molecule has 2 fully saturated rings. The molecule has 4 aliphatic carbocycles. The van der Waals surface area contributed by atoms with Gasteiger partial charge in [0.1, 0.15) is 6.10 Å². The van der Waals surface area contributed by atoms with Gasteiger partial charge in [0.2, 0.25) is 0 Å². The monoisotopic (exact) mass is 416 g/mol. The van der Waals surface area contributed by atoms with Gasteiger partial charge in [0.25, 0.3) is 0 Å². The third-order valence-corrected chi connectivity index (χ3v) is 8.44. The fourth-order valence-corrected chi connectivity index (χ4v) is 6.53. The fourth-order valence-electron chi connectivity index (χ4n) is 6.53. The maximum Gasteiger partial charge on any atom is 0.334 e. The topological polar surface area (TPSA) is 104 Å². The van der Waals surface area contributed by atoms with Gasteiger partial charge in [-0.05, 0) is 62.0 Å². The quantitative estimate of drug-likeness (QED) is 0.370. The van der Waals surface area contributed by atoms with Gasteiger partial charge >= 0.3 is 5.97 Å². The molecule has 3 N–H and O–H groups in total. The van der Waals surface area contributed by atoms with Gasteiger partial charge in [-0.2, -0.15) is 0 Å². The number of rotatable bonds is 3. The number of carbonyl (C=O) groups excluding carboxylic acids is 2. The van der Waals surface area contributed by atoms with Gasteiger partial charge in [-0.15, -0.1) is 0 Å². The van der Waals surface area contributed by atoms with Gasteiger partial charge in [-0.1, -0.05) is 32.1 Å². The van der Waals surface area contributed by atoms with Crippen LogP contribution in [0, 0.1) is 28.6 Å². The van der Waals surface area contributed by atoms with Crippen molar-refractivity contribution >= 4 is 11.8 Å². The average molecular weight is 417 g/mol. The van der Waals surface area contributed by atoms with Crippen LogP contribution in [0.15, 0.2) is 34.9 Å². The van der Waals surface area contributed by atoms with Gasteiger partial charge in [0, 0.05) is 11.5 Å². The Balaban J connectivity index is 1.86. The molecule has 0 aliphatic heterocycles. The SMILES string of the molecule is C/C=C(/C)C(=O)O[C@H]1C(C)=CC23CCC4C(C(C=C(CO)C(O)C12O)C3=O)C4(C)C. The van der Waals surface area contributed by atoms with E-state index in [1.54, 1.807) is 39.0 Å². The Bertz CT molecular complexity index is 895. The largest absolute Gasteiger partial charge is 0.451 e. The van der Waals surface area contributed by atoms with Gasteiger partial charge < -0.3 is 20.1 Å². The zero-order valence-electron chi connectivity index (χ0n) is 18.3. The first-order valence-corrected chi connectivity index (χ1v) is 10.8. The molecule has 1 spiro atoms. The molecule has 0 heterocycles. The number of allylic oxidation sites excluding steroid dienone is 2. The van der Waals surface area contributed by atoms with Crippen molar-refractivity contribution < 1.29 is 29.6 Å². The fraction of sp³-hybridized carbons (Fsp3) is 0.667. The zero-order chi connectivity index (χ0) is 22.2. The summed E-state index contributed by atoms with van der Waals surface area (Å²) < 4.78 is 5.68. The lowest BCUT2D eigenvalue weighted by Crippen LogP contribution is -2.63. The summed E-state index contributed by atoms with van der Waals surface area (Å²) in [6, 6.07) is 0. The van der Waals surface area contributed by atoms with E-state index in [0.29, 0.717) is 23.5 Å². The van der Waals surface area contributed by atoms with Crippen LogP contribution in [0.4, 0.5) is 0 Å². The summed E-state index contributed by atoms with van der Waals surface area (Å²) in [4.78, 5) is 26.5. The molecule has 6 unspecified atom stereocenters. The summed E-state index contributed by atoms with van der Waals surface area (Å²) in [6.45, 7) is 8.86. The van der Waals surface area contributed by atoms with E-state index in [9.17, 15) is 24.9 Å². The molecular formula is C24H32O6. The minimum atomic E-state index is -2.05. The lowest BCUT2D eigenvalue weighted by molar-refractivity contribution is -0.194. The summed E-state index contributed by atoms with van der Waals surface area (Å²) >= 11 is 0. The number of ketones is 1. The highest BCUT2D eigenvalue weighted by molar-refractivity contribution is 5.95. The molecule has 0 saturated heterocycles. The minimum absolute atomic E-state index is 0.00132. The molecule has 164 valence electrons. The highest BCUT2D eigenvalue weighted by atomic mass is 16.6. The Morgan fingerprint density at radius 1 is 1.37 bits per heavy atom. The molecule has 4 rings (SSSR count). The molecule has 0 amide bonds. The molecule has 4 aliphatic rings. The summed E-state index contributed by atoms with van der Waals surface area (Å²) in [5, 5.41) is 33.3. The van der Waals surface area contributed by atoms with Gasteiger partial charge in [-0.25, -0.2) is 4.79 Å². The molecule has 2 saturated carbocycles. The molecular weight excluding hydrogens is 384 g/mol. The zero-order valence-corrected chi connectivity index (χ0v) is 18.3. The van der Waals surface area contributed by atoms with E-state index in [2.05, 4.69) is 13.8 Å². The first-order chi connectivity index (χ1) is 14.0. The van der Waals surface area contributed by atoms with Crippen LogP contribution in [-0.2, 0) is 14.3 Å². The van der Waals surface area contributed by atoms with Crippen molar-refractivity contribution in [2.24, 2.45) is 28.6 Å². The number of aliphatic hydroxyl groups excluding tert-OH is 2. The molecule has 7 atom stereocenters. The Labute approximate surface area is 177 Å². The van der Waals surface area contributed by atoms with Crippen LogP contribution in [0.3, 0.4) is 0 Å². The van der Waals surface area contributed by atoms with Crippen molar-refractivity contribution in [1.29, 1.82) is 0 Å². The van der Waals surface area contributed by atoms with Gasteiger partial charge in [0.05, 0.1) is 12.0 Å². The maximum atomic E-state index is 14.0. The number of ether oxygens (including phenoxy) is 1. The minimum Gasteiger partial charge on any atom is -0.451 e. The van der Waals surface area contributed by atoms with Crippen LogP contribution in [0.2, 0.25) is 0 Å². The number of hydrogen-bond acceptors (Lipinski definition) is 6. The molecule has 6 heteroatoms. The highest BCUT2D eigenvalue weighted by Crippen LogP contribution is 2.70. The lowest BCUT2D eigenvalue weighted by Gasteiger charge is -2.46. The average Bonchev–Trinajstić information content (AvgIpc) is 3.23. The summed E-state index contributed by atoms with van der Waals surface area (Å²) in [5.74, 6) is -0.795. The van der Waals surface area contributed by atoms with Crippen molar-refractivity contribution in [3.63, 3.8) is 0 Å². The molecule has 2 bridgehead atoms. The molecule has 0 radical (unpaired) electrons. The van der Waals surface area contributed by atoms with Crippen LogP contribution >= 0.6 is 0 Å².